The molecule has 11 heteroatoms. The lowest BCUT2D eigenvalue weighted by Gasteiger charge is -2.21. The number of fused-ring (bicyclic) bond motifs is 2. The number of aromatic nitrogens is 8. The van der Waals surface area contributed by atoms with E-state index < -0.39 is 0 Å². The van der Waals surface area contributed by atoms with Crippen LogP contribution in [0.15, 0.2) is 58.6 Å². The minimum absolute atomic E-state index is 0.178. The topological polar surface area (TPSA) is 113 Å². The van der Waals surface area contributed by atoms with E-state index in [1.165, 1.54) is 22.1 Å². The lowest BCUT2D eigenvalue weighted by Crippen LogP contribution is -2.23. The summed E-state index contributed by atoms with van der Waals surface area (Å²) < 4.78 is 10.5. The fourth-order valence-corrected chi connectivity index (χ4v) is 5.35. The van der Waals surface area contributed by atoms with E-state index in [2.05, 4.69) is 54.4 Å². The van der Waals surface area contributed by atoms with Crippen LogP contribution in [0, 0.1) is 11.8 Å². The molecule has 0 spiro atoms. The number of piperidine rings is 1. The molecule has 2 aliphatic rings. The number of hydrogen-bond acceptors (Lipinski definition) is 8. The summed E-state index contributed by atoms with van der Waals surface area (Å²) >= 11 is 0. The first-order chi connectivity index (χ1) is 17.0. The van der Waals surface area contributed by atoms with Crippen LogP contribution in [0.25, 0.3) is 22.3 Å². The number of hydrogen-bond donors (Lipinski definition) is 0. The second-order valence-electron chi connectivity index (χ2n) is 9.46. The summed E-state index contributed by atoms with van der Waals surface area (Å²) in [5, 5.41) is 8.49. The Bertz CT molecular complexity index is 1600. The van der Waals surface area contributed by atoms with Crippen LogP contribution in [-0.4, -0.2) is 52.1 Å². The Kier molecular flexibility index (Phi) is 4.23. The summed E-state index contributed by atoms with van der Waals surface area (Å²) in [7, 11) is 3.70. The minimum Gasteiger partial charge on any atom is -0.371 e. The van der Waals surface area contributed by atoms with Gasteiger partial charge in [0.15, 0.2) is 17.0 Å². The van der Waals surface area contributed by atoms with Crippen molar-refractivity contribution >= 4 is 16.9 Å². The van der Waals surface area contributed by atoms with Crippen molar-refractivity contribution in [1.82, 2.24) is 39.0 Å². The third-order valence-corrected chi connectivity index (χ3v) is 7.25. The lowest BCUT2D eigenvalue weighted by molar-refractivity contribution is 0.363. The molecule has 3 atom stereocenters. The predicted molar refractivity (Wildman–Crippen MR) is 127 cm³/mol. The largest absolute Gasteiger partial charge is 0.371 e. The molecule has 7 rings (SSSR count). The van der Waals surface area contributed by atoms with Gasteiger partial charge in [-0.3, -0.25) is 14.0 Å². The van der Waals surface area contributed by atoms with E-state index >= 15 is 0 Å². The van der Waals surface area contributed by atoms with Gasteiger partial charge in [0.1, 0.15) is 12.9 Å². The van der Waals surface area contributed by atoms with E-state index in [-0.39, 0.29) is 12.1 Å². The van der Waals surface area contributed by atoms with Crippen LogP contribution >= 0.6 is 0 Å². The Morgan fingerprint density at radius 3 is 2.54 bits per heavy atom. The van der Waals surface area contributed by atoms with E-state index in [0.29, 0.717) is 34.8 Å². The third-order valence-electron chi connectivity index (χ3n) is 7.25. The molecule has 0 bridgehead atoms. The van der Waals surface area contributed by atoms with Crippen molar-refractivity contribution in [3.05, 3.63) is 71.4 Å². The fourth-order valence-electron chi connectivity index (χ4n) is 5.35. The minimum atomic E-state index is -0.178. The van der Waals surface area contributed by atoms with Gasteiger partial charge in [-0.15, -0.1) is 0 Å². The van der Waals surface area contributed by atoms with Crippen molar-refractivity contribution in [3.63, 3.8) is 0 Å². The molecule has 0 amide bonds. The number of aryl methyl sites for hydroxylation is 2. The van der Waals surface area contributed by atoms with Crippen molar-refractivity contribution in [2.24, 2.45) is 25.9 Å². The Morgan fingerprint density at radius 2 is 1.80 bits per heavy atom. The van der Waals surface area contributed by atoms with E-state index in [1.54, 1.807) is 17.9 Å². The number of nitrogens with zero attached hydrogens (tertiary/aromatic N) is 9. The Balaban J connectivity index is 1.02. The van der Waals surface area contributed by atoms with Crippen molar-refractivity contribution in [3.8, 4) is 11.1 Å². The molecule has 5 heterocycles. The van der Waals surface area contributed by atoms with Gasteiger partial charge in [0, 0.05) is 50.6 Å². The Labute approximate surface area is 199 Å². The molecule has 1 unspecified atom stereocenters. The van der Waals surface area contributed by atoms with E-state index in [4.69, 9.17) is 4.52 Å². The molecule has 0 radical (unpaired) electrons. The number of rotatable bonds is 5. The van der Waals surface area contributed by atoms with Crippen molar-refractivity contribution < 1.29 is 4.52 Å². The fraction of sp³-hybridized carbons (Fsp3) is 0.333. The highest BCUT2D eigenvalue weighted by Gasteiger charge is 2.58. The molecule has 1 aliphatic carbocycles. The van der Waals surface area contributed by atoms with Crippen LogP contribution in [0.1, 0.15) is 17.6 Å². The smallest absolute Gasteiger partial charge is 0.280 e. The summed E-state index contributed by atoms with van der Waals surface area (Å²) in [6, 6.07) is 8.66. The number of benzene rings is 1. The highest BCUT2D eigenvalue weighted by atomic mass is 16.5. The van der Waals surface area contributed by atoms with Crippen LogP contribution in [0.2, 0.25) is 0 Å². The predicted octanol–water partition coefficient (Wildman–Crippen LogP) is 1.81. The first-order valence-electron chi connectivity index (χ1n) is 11.6. The average Bonchev–Trinajstić information content (AvgIpc) is 3.43. The maximum Gasteiger partial charge on any atom is 0.280 e. The van der Waals surface area contributed by atoms with Gasteiger partial charge in [-0.25, -0.2) is 9.97 Å². The highest BCUT2D eigenvalue weighted by molar-refractivity contribution is 5.69. The molecule has 0 N–H and O–H groups in total. The van der Waals surface area contributed by atoms with Crippen LogP contribution < -0.4 is 10.5 Å². The summed E-state index contributed by atoms with van der Waals surface area (Å²) in [6.45, 7) is 2.15. The van der Waals surface area contributed by atoms with Gasteiger partial charge in [0.25, 0.3) is 5.56 Å². The van der Waals surface area contributed by atoms with E-state index in [1.807, 2.05) is 24.1 Å². The van der Waals surface area contributed by atoms with Crippen molar-refractivity contribution in [2.45, 2.75) is 12.5 Å². The SMILES string of the molecule is Cn1cc(-c2ccc(N3C[C@@H]4C(c5noc(Cn6cnc7ncn(C)c7c6=O)n5)[C@@H]4C3)cc2)cn1. The molecular formula is C24H23N9O2. The van der Waals surface area contributed by atoms with Crippen LogP contribution in [0.4, 0.5) is 5.69 Å². The molecule has 1 saturated heterocycles. The van der Waals surface area contributed by atoms with Crippen molar-refractivity contribution in [1.29, 1.82) is 0 Å². The molecule has 2 fully saturated rings. The standard InChI is InChI=1S/C24H23N9O2/c1-30-12-25-23-21(30)24(34)33(13-26-23)11-19-28-22(29-35-19)20-17-9-32(10-18(17)20)16-5-3-14(4-6-16)15-7-27-31(2)8-15/h3-8,12-13,17-18,20H,9-11H2,1-2H3/t17-,18+,20?. The first kappa shape index (κ1) is 20.1. The summed E-state index contributed by atoms with van der Waals surface area (Å²) in [5.41, 5.74) is 4.23. The zero-order valence-electron chi connectivity index (χ0n) is 19.3. The molecule has 4 aromatic heterocycles. The van der Waals surface area contributed by atoms with Gasteiger partial charge in [-0.05, 0) is 29.5 Å². The second kappa shape index (κ2) is 7.36. The van der Waals surface area contributed by atoms with Gasteiger partial charge < -0.3 is 14.0 Å². The van der Waals surface area contributed by atoms with Gasteiger partial charge >= 0.3 is 0 Å². The zero-order valence-corrected chi connectivity index (χ0v) is 19.3. The molecule has 1 aliphatic heterocycles. The van der Waals surface area contributed by atoms with Gasteiger partial charge in [-0.1, -0.05) is 17.3 Å². The lowest BCUT2D eigenvalue weighted by atomic mass is 10.1. The van der Waals surface area contributed by atoms with Gasteiger partial charge in [0.2, 0.25) is 5.89 Å². The van der Waals surface area contributed by atoms with Crippen LogP contribution in [0.3, 0.4) is 0 Å². The average molecular weight is 470 g/mol. The highest BCUT2D eigenvalue weighted by Crippen LogP contribution is 2.57. The van der Waals surface area contributed by atoms with Crippen LogP contribution in [0.5, 0.6) is 0 Å². The Hall–Kier alpha value is -4.28. The maximum atomic E-state index is 12.8. The maximum absolute atomic E-state index is 12.8. The monoisotopic (exact) mass is 469 g/mol. The molecule has 176 valence electrons. The molecule has 5 aromatic rings. The third kappa shape index (κ3) is 3.26. The zero-order chi connectivity index (χ0) is 23.7. The number of anilines is 1. The molecule has 1 saturated carbocycles. The number of imidazole rings is 1. The first-order valence-corrected chi connectivity index (χ1v) is 11.6. The van der Waals surface area contributed by atoms with Gasteiger partial charge in [-0.2, -0.15) is 10.1 Å². The van der Waals surface area contributed by atoms with Crippen LogP contribution in [-0.2, 0) is 20.6 Å². The molecular weight excluding hydrogens is 446 g/mol. The summed E-state index contributed by atoms with van der Waals surface area (Å²) in [5.74, 6) is 2.51. The molecule has 1 aromatic carbocycles. The quantitative estimate of drug-likeness (QED) is 0.383. The van der Waals surface area contributed by atoms with Gasteiger partial charge in [0.05, 0.1) is 12.5 Å². The van der Waals surface area contributed by atoms with Crippen molar-refractivity contribution in [2.75, 3.05) is 18.0 Å². The molecule has 11 nitrogen and oxygen atoms in total. The molecule has 35 heavy (non-hydrogen) atoms. The summed E-state index contributed by atoms with van der Waals surface area (Å²) in [6.07, 6.45) is 6.96. The van der Waals surface area contributed by atoms with E-state index in [0.717, 1.165) is 24.5 Å². The van der Waals surface area contributed by atoms with E-state index in [9.17, 15) is 4.79 Å². The Morgan fingerprint density at radius 1 is 1.03 bits per heavy atom. The second-order valence-corrected chi connectivity index (χ2v) is 9.46. The summed E-state index contributed by atoms with van der Waals surface area (Å²) in [4.78, 5) is 28.2. The normalized spacial score (nSPS) is 21.1.